The van der Waals surface area contributed by atoms with Crippen molar-refractivity contribution in [2.24, 2.45) is 0 Å². The number of aliphatic hydroxyl groups is 4. The van der Waals surface area contributed by atoms with E-state index in [1.807, 2.05) is 48.5 Å². The van der Waals surface area contributed by atoms with Crippen LogP contribution in [0.5, 0.6) is 0 Å². The summed E-state index contributed by atoms with van der Waals surface area (Å²) in [5.41, 5.74) is 4.59. The molecule has 0 radical (unpaired) electrons. The van der Waals surface area contributed by atoms with Gasteiger partial charge in [0.1, 0.15) is 24.4 Å². The van der Waals surface area contributed by atoms with Gasteiger partial charge in [-0.2, -0.15) is 0 Å². The smallest absolute Gasteiger partial charge is 0.300 e. The molecule has 0 heterocycles. The fourth-order valence-electron chi connectivity index (χ4n) is 6.21. The lowest BCUT2D eigenvalue weighted by molar-refractivity contribution is -0.141. The van der Waals surface area contributed by atoms with E-state index in [9.17, 15) is 39.6 Å². The molecule has 69 heavy (non-hydrogen) atoms. The molecule has 8 rings (SSSR count). The molecular weight excluding hydrogens is 873 g/mol. The van der Waals surface area contributed by atoms with Crippen molar-refractivity contribution < 1.29 is 53.9 Å². The summed E-state index contributed by atoms with van der Waals surface area (Å²) in [6.07, 6.45) is -4.32. The number of hydrogen-bond acceptors (Lipinski definition) is 11. The Kier molecular flexibility index (Phi) is 22.9. The quantitative estimate of drug-likeness (QED) is 0.0461. The van der Waals surface area contributed by atoms with E-state index in [1.165, 1.54) is 0 Å². The number of Topliss-reactive ketones (excluding diaryl/α,β-unsaturated/α-hetero) is 4. The van der Waals surface area contributed by atoms with Gasteiger partial charge in [0, 0.05) is 22.3 Å². The van der Waals surface area contributed by atoms with Gasteiger partial charge in [0.15, 0.2) is 23.1 Å². The molecule has 11 heteroatoms. The zero-order chi connectivity index (χ0) is 49.6. The van der Waals surface area contributed by atoms with Crippen molar-refractivity contribution in [3.8, 4) is 0 Å². The van der Waals surface area contributed by atoms with Crippen molar-refractivity contribution in [3.05, 3.63) is 287 Å². The lowest BCUT2D eigenvalue weighted by Crippen LogP contribution is -2.11. The number of hydrogen-bond donors (Lipinski definition) is 4. The highest BCUT2D eigenvalue weighted by Crippen LogP contribution is 2.21. The second-order valence-corrected chi connectivity index (χ2v) is 14.5. The summed E-state index contributed by atoms with van der Waals surface area (Å²) in [4.78, 5) is 65.5. The molecule has 0 fully saturated rings. The Morgan fingerprint density at radius 2 is 0.420 bits per heavy atom. The van der Waals surface area contributed by atoms with E-state index in [1.54, 1.807) is 194 Å². The normalized spacial score (nSPS) is 11.6. The summed E-state index contributed by atoms with van der Waals surface area (Å²) in [5.74, 6) is -1.09. The Morgan fingerprint density at radius 3 is 0.551 bits per heavy atom. The fourth-order valence-corrected chi connectivity index (χ4v) is 6.21. The average Bonchev–Trinajstić information content (AvgIpc) is 3.44. The summed E-state index contributed by atoms with van der Waals surface area (Å²) in [6.45, 7) is 0.125. The Bertz CT molecular complexity index is 2350. The van der Waals surface area contributed by atoms with Gasteiger partial charge in [-0.3, -0.25) is 28.8 Å². The van der Waals surface area contributed by atoms with Gasteiger partial charge >= 0.3 is 12.9 Å². The van der Waals surface area contributed by atoms with Crippen LogP contribution < -0.4 is 0 Å². The van der Waals surface area contributed by atoms with Crippen LogP contribution in [0.2, 0.25) is 0 Å². The van der Waals surface area contributed by atoms with E-state index in [-0.39, 0.29) is 36.1 Å². The second kappa shape index (κ2) is 29.9. The van der Waals surface area contributed by atoms with Crippen LogP contribution in [0, 0.1) is 0 Å². The second-order valence-electron chi connectivity index (χ2n) is 14.5. The molecule has 0 saturated carbocycles. The van der Waals surface area contributed by atoms with Crippen molar-refractivity contribution in [1.82, 2.24) is 0 Å². The molecule has 0 spiro atoms. The molecule has 4 unspecified atom stereocenters. The van der Waals surface area contributed by atoms with Gasteiger partial charge in [-0.1, -0.05) is 243 Å². The highest BCUT2D eigenvalue weighted by atomic mass is 16.6. The Labute approximate surface area is 400 Å². The maximum Gasteiger partial charge on any atom is 0.300 e. The van der Waals surface area contributed by atoms with E-state index in [4.69, 9.17) is 9.59 Å². The molecule has 0 aliphatic heterocycles. The summed E-state index contributed by atoms with van der Waals surface area (Å²) in [5, 5.41) is 39.6. The van der Waals surface area contributed by atoms with Gasteiger partial charge in [0.25, 0.3) is 0 Å². The number of aliphatic hydroxyl groups excluding tert-OH is 4. The van der Waals surface area contributed by atoms with Crippen LogP contribution in [-0.2, 0) is 14.3 Å². The molecule has 0 aromatic heterocycles. The van der Waals surface area contributed by atoms with Crippen LogP contribution in [0.15, 0.2) is 243 Å². The lowest BCUT2D eigenvalue weighted by Gasteiger charge is -2.09. The van der Waals surface area contributed by atoms with E-state index >= 15 is 0 Å². The Morgan fingerprint density at radius 1 is 0.275 bits per heavy atom. The predicted octanol–water partition coefficient (Wildman–Crippen LogP) is 9.73. The number of ether oxygens (including phenoxy) is 1. The van der Waals surface area contributed by atoms with Gasteiger partial charge in [0.05, 0.1) is 0 Å². The third-order valence-corrected chi connectivity index (χ3v) is 9.80. The van der Waals surface area contributed by atoms with Crippen LogP contribution >= 0.6 is 0 Å². The molecule has 4 atom stereocenters. The largest absolute Gasteiger partial charge is 0.398 e. The summed E-state index contributed by atoms with van der Waals surface area (Å²) >= 11 is 0. The molecule has 0 bridgehead atoms. The first-order valence-electron chi connectivity index (χ1n) is 21.4. The average molecular weight is 923 g/mol. The van der Waals surface area contributed by atoms with E-state index in [0.29, 0.717) is 44.5 Å². The first-order chi connectivity index (χ1) is 33.6. The molecule has 0 amide bonds. The molecule has 8 aromatic carbocycles. The number of carbonyl (C=O) groups excluding carboxylic acids is 6. The Balaban J connectivity index is 0.000000194. The standard InChI is InChI=1S/4C14H12O2.C2H2O3/c4*15-13(11-7-3-1-4-8-11)14(16)12-9-5-2-6-10-12;3-1-5-2-4/h4*1-10,13,15H;1-2H. The van der Waals surface area contributed by atoms with Crippen molar-refractivity contribution in [2.45, 2.75) is 24.4 Å². The van der Waals surface area contributed by atoms with Gasteiger partial charge in [-0.05, 0) is 22.3 Å². The molecule has 0 aliphatic carbocycles. The maximum absolute atomic E-state index is 11.9. The molecule has 0 saturated heterocycles. The van der Waals surface area contributed by atoms with Crippen LogP contribution in [0.25, 0.3) is 0 Å². The van der Waals surface area contributed by atoms with Gasteiger partial charge in [-0.15, -0.1) is 0 Å². The summed E-state index contributed by atoms with van der Waals surface area (Å²) in [7, 11) is 0. The van der Waals surface area contributed by atoms with E-state index < -0.39 is 24.4 Å². The summed E-state index contributed by atoms with van der Waals surface area (Å²) in [6, 6.07) is 71.0. The molecule has 4 N–H and O–H groups in total. The zero-order valence-corrected chi connectivity index (χ0v) is 37.2. The monoisotopic (exact) mass is 922 g/mol. The fraction of sp³-hybridized carbons (Fsp3) is 0.0690. The Hall–Kier alpha value is -8.58. The highest BCUT2D eigenvalue weighted by molar-refractivity contribution is 6.01. The number of ketones is 4. The lowest BCUT2D eigenvalue weighted by atomic mass is 10.0. The van der Waals surface area contributed by atoms with Crippen LogP contribution in [0.3, 0.4) is 0 Å². The number of benzene rings is 8. The van der Waals surface area contributed by atoms with Gasteiger partial charge in [0.2, 0.25) is 0 Å². The third kappa shape index (κ3) is 17.6. The third-order valence-electron chi connectivity index (χ3n) is 9.80. The molecule has 0 aliphatic rings. The van der Waals surface area contributed by atoms with Crippen molar-refractivity contribution in [2.75, 3.05) is 0 Å². The number of carbonyl (C=O) groups is 6. The number of rotatable bonds is 14. The van der Waals surface area contributed by atoms with Crippen LogP contribution in [0.4, 0.5) is 0 Å². The van der Waals surface area contributed by atoms with E-state index in [2.05, 4.69) is 4.74 Å². The molecule has 8 aromatic rings. The van der Waals surface area contributed by atoms with Crippen molar-refractivity contribution in [1.29, 1.82) is 0 Å². The zero-order valence-electron chi connectivity index (χ0n) is 37.2. The molecule has 11 nitrogen and oxygen atoms in total. The predicted molar refractivity (Wildman–Crippen MR) is 262 cm³/mol. The minimum Gasteiger partial charge on any atom is -0.398 e. The van der Waals surface area contributed by atoms with Gasteiger partial charge in [-0.25, -0.2) is 0 Å². The molecular formula is C58H50O11. The minimum absolute atomic E-state index is 0.0625. The molecule has 348 valence electrons. The van der Waals surface area contributed by atoms with Crippen molar-refractivity contribution >= 4 is 36.1 Å². The highest BCUT2D eigenvalue weighted by Gasteiger charge is 2.21. The maximum atomic E-state index is 11.9. The topological polar surface area (TPSA) is 193 Å². The SMILES string of the molecule is O=C(c1ccccc1)C(O)c1ccccc1.O=C(c1ccccc1)C(O)c1ccccc1.O=C(c1ccccc1)C(O)c1ccccc1.O=C(c1ccccc1)C(O)c1ccccc1.O=COC=O. The summed E-state index contributed by atoms with van der Waals surface area (Å²) < 4.78 is 3.47. The van der Waals surface area contributed by atoms with Crippen LogP contribution in [-0.4, -0.2) is 56.5 Å². The minimum atomic E-state index is -1.08. The first-order valence-corrected chi connectivity index (χ1v) is 21.4. The van der Waals surface area contributed by atoms with Crippen LogP contribution in [0.1, 0.15) is 88.1 Å². The van der Waals surface area contributed by atoms with Crippen molar-refractivity contribution in [3.63, 3.8) is 0 Å². The van der Waals surface area contributed by atoms with Gasteiger partial charge < -0.3 is 25.2 Å². The first kappa shape index (κ1) is 53.0. The van der Waals surface area contributed by atoms with E-state index in [0.717, 1.165) is 0 Å².